The van der Waals surface area contributed by atoms with Gasteiger partial charge < -0.3 is 19.9 Å². The molecule has 0 rings (SSSR count). The lowest BCUT2D eigenvalue weighted by Gasteiger charge is -2.14. The highest BCUT2D eigenvalue weighted by molar-refractivity contribution is 5.84. The van der Waals surface area contributed by atoms with Crippen molar-refractivity contribution in [3.05, 3.63) is 0 Å². The maximum Gasteiger partial charge on any atom is 0.326 e. The van der Waals surface area contributed by atoms with Crippen LogP contribution in [0.3, 0.4) is 0 Å². The second-order valence-electron chi connectivity index (χ2n) is 4.35. The zero-order chi connectivity index (χ0) is 14.5. The number of nitrogens with one attached hydrogen (secondary N) is 1. The van der Waals surface area contributed by atoms with Gasteiger partial charge in [-0.2, -0.15) is 0 Å². The lowest BCUT2D eigenvalue weighted by atomic mass is 10.1. The van der Waals surface area contributed by atoms with Crippen molar-refractivity contribution in [2.45, 2.75) is 45.1 Å². The van der Waals surface area contributed by atoms with Crippen molar-refractivity contribution in [3.63, 3.8) is 0 Å². The number of hydrogen-bond donors (Lipinski definition) is 2. The Kier molecular flexibility index (Phi) is 11.2. The smallest absolute Gasteiger partial charge is 0.326 e. The maximum absolute atomic E-state index is 11.5. The Balaban J connectivity index is 3.85. The molecule has 6 nitrogen and oxygen atoms in total. The van der Waals surface area contributed by atoms with Gasteiger partial charge in [0.2, 0.25) is 5.91 Å². The third-order valence-electron chi connectivity index (χ3n) is 2.64. The van der Waals surface area contributed by atoms with Crippen molar-refractivity contribution in [1.29, 1.82) is 0 Å². The minimum absolute atomic E-state index is 0.137. The molecule has 0 heterocycles. The molecule has 112 valence electrons. The Labute approximate surface area is 114 Å². The Bertz CT molecular complexity index is 257. The van der Waals surface area contributed by atoms with Gasteiger partial charge in [0, 0.05) is 7.11 Å². The molecule has 0 aromatic heterocycles. The number of carbonyl (C=O) groups is 2. The summed E-state index contributed by atoms with van der Waals surface area (Å²) in [5, 5.41) is 11.5. The zero-order valence-electron chi connectivity index (χ0n) is 11.8. The summed E-state index contributed by atoms with van der Waals surface area (Å²) in [4.78, 5) is 22.5. The van der Waals surface area contributed by atoms with E-state index in [9.17, 15) is 9.59 Å². The van der Waals surface area contributed by atoms with Gasteiger partial charge in [-0.25, -0.2) is 4.79 Å². The standard InChI is InChI=1S/C13H25NO5/c1-3-4-5-6-7-11(13(16)17)14-12(15)10-19-9-8-18-2/h11H,3-10H2,1-2H3,(H,14,15)(H,16,17)/t11-/m1/s1. The number of carboxylic acid groups (broad SMARTS) is 1. The van der Waals surface area contributed by atoms with Gasteiger partial charge in [0.25, 0.3) is 0 Å². The molecule has 0 spiro atoms. The first kappa shape index (κ1) is 17.9. The molecule has 0 aliphatic heterocycles. The fourth-order valence-electron chi connectivity index (χ4n) is 1.58. The molecule has 6 heteroatoms. The number of carbonyl (C=O) groups excluding carboxylic acids is 1. The summed E-state index contributed by atoms with van der Waals surface area (Å²) in [6.45, 7) is 2.68. The molecule has 0 bridgehead atoms. The van der Waals surface area contributed by atoms with Gasteiger partial charge in [0.05, 0.1) is 13.2 Å². The summed E-state index contributed by atoms with van der Waals surface area (Å²) < 4.78 is 9.80. The Hall–Kier alpha value is -1.14. The number of unbranched alkanes of at least 4 members (excludes halogenated alkanes) is 3. The van der Waals surface area contributed by atoms with Gasteiger partial charge in [-0.3, -0.25) is 4.79 Å². The molecule has 19 heavy (non-hydrogen) atoms. The van der Waals surface area contributed by atoms with E-state index in [0.29, 0.717) is 19.6 Å². The van der Waals surface area contributed by atoms with Crippen LogP contribution in [-0.4, -0.2) is 50.0 Å². The molecule has 0 unspecified atom stereocenters. The van der Waals surface area contributed by atoms with Crippen LogP contribution in [0.2, 0.25) is 0 Å². The van der Waals surface area contributed by atoms with Crippen LogP contribution in [0, 0.1) is 0 Å². The Morgan fingerprint density at radius 3 is 2.53 bits per heavy atom. The van der Waals surface area contributed by atoms with Gasteiger partial charge in [-0.15, -0.1) is 0 Å². The number of aliphatic carboxylic acids is 1. The van der Waals surface area contributed by atoms with E-state index in [-0.39, 0.29) is 6.61 Å². The maximum atomic E-state index is 11.5. The third-order valence-corrected chi connectivity index (χ3v) is 2.64. The molecular weight excluding hydrogens is 250 g/mol. The molecule has 0 fully saturated rings. The highest BCUT2D eigenvalue weighted by Gasteiger charge is 2.19. The summed E-state index contributed by atoms with van der Waals surface area (Å²) >= 11 is 0. The molecule has 0 saturated carbocycles. The van der Waals surface area contributed by atoms with Crippen LogP contribution in [0.4, 0.5) is 0 Å². The van der Waals surface area contributed by atoms with Gasteiger partial charge >= 0.3 is 5.97 Å². The predicted molar refractivity (Wildman–Crippen MR) is 71.0 cm³/mol. The molecule has 0 aliphatic carbocycles. The van der Waals surface area contributed by atoms with Crippen LogP contribution in [0.5, 0.6) is 0 Å². The van der Waals surface area contributed by atoms with Crippen LogP contribution in [0.15, 0.2) is 0 Å². The number of hydrogen-bond acceptors (Lipinski definition) is 4. The molecule has 0 radical (unpaired) electrons. The largest absolute Gasteiger partial charge is 0.480 e. The van der Waals surface area contributed by atoms with Crippen LogP contribution in [-0.2, 0) is 19.1 Å². The van der Waals surface area contributed by atoms with E-state index in [2.05, 4.69) is 12.2 Å². The molecular formula is C13H25NO5. The Morgan fingerprint density at radius 1 is 1.21 bits per heavy atom. The number of rotatable bonds is 12. The van der Waals surface area contributed by atoms with E-state index in [0.717, 1.165) is 25.7 Å². The first-order valence-corrected chi connectivity index (χ1v) is 6.70. The van der Waals surface area contributed by atoms with E-state index < -0.39 is 17.9 Å². The second kappa shape index (κ2) is 11.9. The second-order valence-corrected chi connectivity index (χ2v) is 4.35. The van der Waals surface area contributed by atoms with Crippen LogP contribution in [0.1, 0.15) is 39.0 Å². The molecule has 0 aliphatic rings. The molecule has 0 aromatic rings. The topological polar surface area (TPSA) is 84.9 Å². The van der Waals surface area contributed by atoms with E-state index in [4.69, 9.17) is 14.6 Å². The van der Waals surface area contributed by atoms with Crippen molar-refractivity contribution in [2.24, 2.45) is 0 Å². The minimum Gasteiger partial charge on any atom is -0.480 e. The fourth-order valence-corrected chi connectivity index (χ4v) is 1.58. The summed E-state index contributed by atoms with van der Waals surface area (Å²) in [5.74, 6) is -1.40. The van der Waals surface area contributed by atoms with Crippen LogP contribution >= 0.6 is 0 Å². The van der Waals surface area contributed by atoms with E-state index in [1.54, 1.807) is 7.11 Å². The number of carboxylic acids is 1. The van der Waals surface area contributed by atoms with Crippen molar-refractivity contribution >= 4 is 11.9 Å². The summed E-state index contributed by atoms with van der Waals surface area (Å²) in [6, 6.07) is -0.824. The number of ether oxygens (including phenoxy) is 2. The highest BCUT2D eigenvalue weighted by Crippen LogP contribution is 2.05. The average molecular weight is 275 g/mol. The van der Waals surface area contributed by atoms with Gasteiger partial charge in [-0.1, -0.05) is 32.6 Å². The fraction of sp³-hybridized carbons (Fsp3) is 0.846. The highest BCUT2D eigenvalue weighted by atomic mass is 16.5. The van der Waals surface area contributed by atoms with E-state index in [1.807, 2.05) is 0 Å². The first-order valence-electron chi connectivity index (χ1n) is 6.70. The first-order chi connectivity index (χ1) is 9.11. The van der Waals surface area contributed by atoms with Gasteiger partial charge in [-0.05, 0) is 6.42 Å². The number of methoxy groups -OCH3 is 1. The molecule has 2 N–H and O–H groups in total. The van der Waals surface area contributed by atoms with Gasteiger partial charge in [0.15, 0.2) is 0 Å². The molecule has 1 amide bonds. The van der Waals surface area contributed by atoms with Crippen molar-refractivity contribution in [3.8, 4) is 0 Å². The van der Waals surface area contributed by atoms with Crippen molar-refractivity contribution < 1.29 is 24.2 Å². The van der Waals surface area contributed by atoms with Crippen molar-refractivity contribution in [2.75, 3.05) is 26.9 Å². The van der Waals surface area contributed by atoms with Crippen LogP contribution in [0.25, 0.3) is 0 Å². The Morgan fingerprint density at radius 2 is 1.95 bits per heavy atom. The SMILES string of the molecule is CCCCCC[C@@H](NC(=O)COCCOC)C(=O)O. The summed E-state index contributed by atoms with van der Waals surface area (Å²) in [5.41, 5.74) is 0. The quantitative estimate of drug-likeness (QED) is 0.523. The summed E-state index contributed by atoms with van der Waals surface area (Å²) in [7, 11) is 1.54. The monoisotopic (exact) mass is 275 g/mol. The predicted octanol–water partition coefficient (Wildman–Crippen LogP) is 1.19. The molecule has 0 saturated heterocycles. The molecule has 1 atom stereocenters. The summed E-state index contributed by atoms with van der Waals surface area (Å²) in [6.07, 6.45) is 4.42. The minimum atomic E-state index is -0.998. The normalized spacial score (nSPS) is 12.1. The third kappa shape index (κ3) is 10.5. The van der Waals surface area contributed by atoms with E-state index in [1.165, 1.54) is 0 Å². The number of amides is 1. The van der Waals surface area contributed by atoms with Crippen LogP contribution < -0.4 is 5.32 Å². The average Bonchev–Trinajstić information content (AvgIpc) is 2.38. The lowest BCUT2D eigenvalue weighted by Crippen LogP contribution is -2.42. The van der Waals surface area contributed by atoms with Gasteiger partial charge in [0.1, 0.15) is 12.6 Å². The van der Waals surface area contributed by atoms with E-state index >= 15 is 0 Å². The zero-order valence-corrected chi connectivity index (χ0v) is 11.8. The lowest BCUT2D eigenvalue weighted by molar-refractivity contribution is -0.142. The van der Waals surface area contributed by atoms with Crippen molar-refractivity contribution in [1.82, 2.24) is 5.32 Å². The molecule has 0 aromatic carbocycles.